The van der Waals surface area contributed by atoms with Gasteiger partial charge in [-0.05, 0) is 38.4 Å². The van der Waals surface area contributed by atoms with Gasteiger partial charge in [0.1, 0.15) is 0 Å². The van der Waals surface area contributed by atoms with E-state index in [1.165, 1.54) is 12.8 Å². The average Bonchev–Trinajstić information content (AvgIpc) is 2.85. The van der Waals surface area contributed by atoms with E-state index < -0.39 is 0 Å². The fourth-order valence-corrected chi connectivity index (χ4v) is 3.41. The average molecular weight is 229 g/mol. The highest BCUT2D eigenvalue weighted by Gasteiger charge is 2.37. The van der Waals surface area contributed by atoms with Crippen LogP contribution in [0.4, 0.5) is 0 Å². The number of amides is 1. The van der Waals surface area contributed by atoms with Crippen molar-refractivity contribution in [3.8, 4) is 0 Å². The third-order valence-electron chi connectivity index (χ3n) is 3.32. The Kier molecular flexibility index (Phi) is 3.57. The molecule has 2 fully saturated rings. The first-order valence-corrected chi connectivity index (χ1v) is 6.79. The molecule has 1 aliphatic carbocycles. The zero-order valence-electron chi connectivity index (χ0n) is 9.25. The van der Waals surface area contributed by atoms with Crippen LogP contribution in [0.15, 0.2) is 0 Å². The van der Waals surface area contributed by atoms with E-state index in [0.29, 0.717) is 0 Å². The van der Waals surface area contributed by atoms with Crippen molar-refractivity contribution in [2.75, 3.05) is 5.75 Å². The van der Waals surface area contributed by atoms with Gasteiger partial charge in [0.2, 0.25) is 0 Å². The monoisotopic (exact) mass is 229 g/mol. The molecule has 15 heavy (non-hydrogen) atoms. The lowest BCUT2D eigenvalue weighted by molar-refractivity contribution is -0.140. The molecule has 3 nitrogen and oxygen atoms in total. The summed E-state index contributed by atoms with van der Waals surface area (Å²) >= 11 is 1.74. The largest absolute Gasteiger partial charge is 0.271 e. The van der Waals surface area contributed by atoms with Crippen LogP contribution in [-0.4, -0.2) is 22.5 Å². The first-order chi connectivity index (χ1) is 7.21. The summed E-state index contributed by atoms with van der Waals surface area (Å²) in [4.78, 5) is 17.3. The van der Waals surface area contributed by atoms with Crippen molar-refractivity contribution in [1.82, 2.24) is 5.48 Å². The van der Waals surface area contributed by atoms with Crippen LogP contribution >= 0.6 is 11.8 Å². The Bertz CT molecular complexity index is 233. The molecule has 86 valence electrons. The second-order valence-corrected chi connectivity index (χ2v) is 6.24. The molecule has 1 aliphatic heterocycles. The van der Waals surface area contributed by atoms with Crippen molar-refractivity contribution in [2.24, 2.45) is 0 Å². The van der Waals surface area contributed by atoms with Crippen LogP contribution in [0.1, 0.15) is 45.4 Å². The first kappa shape index (κ1) is 11.3. The van der Waals surface area contributed by atoms with Gasteiger partial charge in [-0.1, -0.05) is 12.8 Å². The van der Waals surface area contributed by atoms with Crippen molar-refractivity contribution >= 4 is 17.7 Å². The minimum atomic E-state index is -0.251. The highest BCUT2D eigenvalue weighted by molar-refractivity contribution is 8.01. The summed E-state index contributed by atoms with van der Waals surface area (Å²) in [6.07, 6.45) is 6.99. The minimum Gasteiger partial charge on any atom is -0.271 e. The lowest BCUT2D eigenvalue weighted by Crippen LogP contribution is -2.41. The van der Waals surface area contributed by atoms with Crippen LogP contribution in [-0.2, 0) is 9.63 Å². The number of thioether (sulfide) groups is 1. The van der Waals surface area contributed by atoms with Gasteiger partial charge in [0, 0.05) is 0 Å². The summed E-state index contributed by atoms with van der Waals surface area (Å²) in [7, 11) is 0. The fraction of sp³-hybridized carbons (Fsp3) is 0.909. The molecule has 0 aromatic rings. The number of rotatable bonds is 3. The van der Waals surface area contributed by atoms with Crippen LogP contribution < -0.4 is 5.48 Å². The summed E-state index contributed by atoms with van der Waals surface area (Å²) in [5.74, 6) is 1.14. The van der Waals surface area contributed by atoms with Crippen LogP contribution in [0.2, 0.25) is 0 Å². The van der Waals surface area contributed by atoms with E-state index in [4.69, 9.17) is 4.84 Å². The zero-order valence-corrected chi connectivity index (χ0v) is 10.1. The summed E-state index contributed by atoms with van der Waals surface area (Å²) in [6.45, 7) is 2.01. The molecule has 0 radical (unpaired) electrons. The van der Waals surface area contributed by atoms with Crippen LogP contribution in [0.3, 0.4) is 0 Å². The Balaban J connectivity index is 1.76. The van der Waals surface area contributed by atoms with Gasteiger partial charge >= 0.3 is 0 Å². The van der Waals surface area contributed by atoms with Crippen LogP contribution in [0.25, 0.3) is 0 Å². The SMILES string of the molecule is CC1(C(=O)NOC2CCCC2)CCCS1. The summed E-state index contributed by atoms with van der Waals surface area (Å²) in [5, 5.41) is 0. The van der Waals surface area contributed by atoms with Gasteiger partial charge in [0.15, 0.2) is 0 Å². The van der Waals surface area contributed by atoms with E-state index in [1.54, 1.807) is 11.8 Å². The molecule has 1 unspecified atom stereocenters. The molecule has 1 amide bonds. The molecule has 0 spiro atoms. The van der Waals surface area contributed by atoms with Crippen LogP contribution in [0, 0.1) is 0 Å². The normalized spacial score (nSPS) is 32.1. The summed E-state index contributed by atoms with van der Waals surface area (Å²) in [5.41, 5.74) is 2.65. The highest BCUT2D eigenvalue weighted by Crippen LogP contribution is 2.37. The van der Waals surface area contributed by atoms with Gasteiger partial charge < -0.3 is 0 Å². The second kappa shape index (κ2) is 4.74. The molecule has 4 heteroatoms. The number of carbonyl (C=O) groups excluding carboxylic acids is 1. The predicted molar refractivity (Wildman–Crippen MR) is 61.6 cm³/mol. The Morgan fingerprint density at radius 3 is 2.73 bits per heavy atom. The summed E-state index contributed by atoms with van der Waals surface area (Å²) < 4.78 is -0.251. The third-order valence-corrected chi connectivity index (χ3v) is 4.84. The molecule has 2 rings (SSSR count). The molecule has 0 bridgehead atoms. The van der Waals surface area contributed by atoms with Crippen molar-refractivity contribution in [3.63, 3.8) is 0 Å². The van der Waals surface area contributed by atoms with Crippen LogP contribution in [0.5, 0.6) is 0 Å². The van der Waals surface area contributed by atoms with Gasteiger partial charge in [-0.2, -0.15) is 0 Å². The molecular formula is C11H19NO2S. The second-order valence-electron chi connectivity index (χ2n) is 4.64. The van der Waals surface area contributed by atoms with E-state index in [9.17, 15) is 4.79 Å². The molecule has 1 saturated carbocycles. The maximum Gasteiger partial charge on any atom is 0.259 e. The number of hydrogen-bond acceptors (Lipinski definition) is 3. The number of hydrogen-bond donors (Lipinski definition) is 1. The zero-order chi connectivity index (χ0) is 10.7. The lowest BCUT2D eigenvalue weighted by Gasteiger charge is -2.22. The molecule has 1 N–H and O–H groups in total. The smallest absolute Gasteiger partial charge is 0.259 e. The maximum atomic E-state index is 11.9. The number of hydroxylamine groups is 1. The molecule has 1 saturated heterocycles. The quantitative estimate of drug-likeness (QED) is 0.754. The Morgan fingerprint density at radius 2 is 2.13 bits per heavy atom. The van der Waals surface area contributed by atoms with Gasteiger partial charge in [-0.25, -0.2) is 5.48 Å². The van der Waals surface area contributed by atoms with Crippen molar-refractivity contribution in [3.05, 3.63) is 0 Å². The molecule has 2 aliphatic rings. The van der Waals surface area contributed by atoms with E-state index >= 15 is 0 Å². The Morgan fingerprint density at radius 1 is 1.40 bits per heavy atom. The first-order valence-electron chi connectivity index (χ1n) is 5.81. The van der Waals surface area contributed by atoms with Crippen molar-refractivity contribution in [2.45, 2.75) is 56.3 Å². The van der Waals surface area contributed by atoms with E-state index in [2.05, 4.69) is 5.48 Å². The van der Waals surface area contributed by atoms with Gasteiger partial charge in [0.05, 0.1) is 10.9 Å². The Labute approximate surface area is 95.3 Å². The number of nitrogens with one attached hydrogen (secondary N) is 1. The van der Waals surface area contributed by atoms with Gasteiger partial charge in [0.25, 0.3) is 5.91 Å². The fourth-order valence-electron chi connectivity index (χ4n) is 2.21. The molecule has 0 aromatic carbocycles. The summed E-state index contributed by atoms with van der Waals surface area (Å²) in [6, 6.07) is 0. The molecular weight excluding hydrogens is 210 g/mol. The Hall–Kier alpha value is -0.220. The molecule has 0 aromatic heterocycles. The van der Waals surface area contributed by atoms with Crippen molar-refractivity contribution < 1.29 is 9.63 Å². The van der Waals surface area contributed by atoms with E-state index in [0.717, 1.165) is 31.4 Å². The van der Waals surface area contributed by atoms with Crippen molar-refractivity contribution in [1.29, 1.82) is 0 Å². The molecule has 1 atom stereocenters. The standard InChI is InChI=1S/C11H19NO2S/c1-11(7-4-8-15-11)10(13)12-14-9-5-2-3-6-9/h9H,2-8H2,1H3,(H,12,13). The van der Waals surface area contributed by atoms with Gasteiger partial charge in [-0.3, -0.25) is 9.63 Å². The lowest BCUT2D eigenvalue weighted by atomic mass is 10.1. The number of carbonyl (C=O) groups is 1. The highest BCUT2D eigenvalue weighted by atomic mass is 32.2. The maximum absolute atomic E-state index is 11.9. The van der Waals surface area contributed by atoms with E-state index in [1.807, 2.05) is 6.92 Å². The third kappa shape index (κ3) is 2.67. The van der Waals surface area contributed by atoms with E-state index in [-0.39, 0.29) is 16.8 Å². The van der Waals surface area contributed by atoms with Gasteiger partial charge in [-0.15, -0.1) is 11.8 Å². The predicted octanol–water partition coefficient (Wildman–Crippen LogP) is 2.26. The topological polar surface area (TPSA) is 38.3 Å². The molecule has 1 heterocycles. The minimum absolute atomic E-state index is 0.0527.